The highest BCUT2D eigenvalue weighted by atomic mass is 16.5. The van der Waals surface area contributed by atoms with Crippen LogP contribution in [0.1, 0.15) is 75.3 Å². The largest absolute Gasteiger partial charge is 0.489 e. The van der Waals surface area contributed by atoms with E-state index < -0.39 is 0 Å². The van der Waals surface area contributed by atoms with E-state index in [1.165, 1.54) is 64.2 Å². The molecule has 0 atom stereocenters. The van der Waals surface area contributed by atoms with Crippen molar-refractivity contribution >= 4 is 12.0 Å². The van der Waals surface area contributed by atoms with Crippen LogP contribution in [0.2, 0.25) is 0 Å². The third-order valence-corrected chi connectivity index (χ3v) is 6.74. The highest BCUT2D eigenvalue weighted by Gasteiger charge is 2.31. The summed E-state index contributed by atoms with van der Waals surface area (Å²) in [6.45, 7) is 0.562. The Bertz CT molecular complexity index is 813. The zero-order valence-corrected chi connectivity index (χ0v) is 18.5. The third-order valence-electron chi connectivity index (χ3n) is 6.74. The summed E-state index contributed by atoms with van der Waals surface area (Å²) in [5.74, 6) is 1.04. The Morgan fingerprint density at radius 1 is 0.806 bits per heavy atom. The minimum Gasteiger partial charge on any atom is -0.489 e. The van der Waals surface area contributed by atoms with Crippen molar-refractivity contribution < 1.29 is 9.53 Å². The summed E-state index contributed by atoms with van der Waals surface area (Å²) >= 11 is 0. The molecule has 3 heteroatoms. The summed E-state index contributed by atoms with van der Waals surface area (Å²) in [5.41, 5.74) is 2.19. The predicted octanol–water partition coefficient (Wildman–Crippen LogP) is 6.77. The first-order chi connectivity index (χ1) is 15.3. The lowest BCUT2D eigenvalue weighted by Gasteiger charge is -2.41. The number of ether oxygens (including phenoxy) is 1. The van der Waals surface area contributed by atoms with Crippen LogP contribution >= 0.6 is 0 Å². The fraction of sp³-hybridized carbons (Fsp3) is 0.464. The number of benzene rings is 2. The van der Waals surface area contributed by atoms with E-state index in [0.29, 0.717) is 18.7 Å². The highest BCUT2D eigenvalue weighted by Crippen LogP contribution is 2.30. The molecule has 0 aliphatic heterocycles. The number of amides is 1. The summed E-state index contributed by atoms with van der Waals surface area (Å²) in [7, 11) is 0. The van der Waals surface area contributed by atoms with Gasteiger partial charge in [-0.25, -0.2) is 0 Å². The first kappa shape index (κ1) is 21.7. The van der Waals surface area contributed by atoms with E-state index in [1.54, 1.807) is 6.08 Å². The normalized spacial score (nSPS) is 18.2. The summed E-state index contributed by atoms with van der Waals surface area (Å²) in [6, 6.07) is 19.0. The maximum absolute atomic E-state index is 13.3. The minimum absolute atomic E-state index is 0.197. The SMILES string of the molecule is O=C(/C=C/c1ccc(OCc2ccccc2)cc1)N(C1CCCCC1)C1CCCCC1. The van der Waals surface area contributed by atoms with Crippen LogP contribution in [-0.4, -0.2) is 22.9 Å². The van der Waals surface area contributed by atoms with E-state index in [2.05, 4.69) is 17.0 Å². The van der Waals surface area contributed by atoms with Gasteiger partial charge in [-0.2, -0.15) is 0 Å². The van der Waals surface area contributed by atoms with E-state index >= 15 is 0 Å². The number of carbonyl (C=O) groups is 1. The van der Waals surface area contributed by atoms with Crippen LogP contribution in [0, 0.1) is 0 Å². The van der Waals surface area contributed by atoms with E-state index in [-0.39, 0.29) is 5.91 Å². The van der Waals surface area contributed by atoms with Gasteiger partial charge in [0, 0.05) is 18.2 Å². The topological polar surface area (TPSA) is 29.5 Å². The van der Waals surface area contributed by atoms with Crippen molar-refractivity contribution in [2.24, 2.45) is 0 Å². The second-order valence-electron chi connectivity index (χ2n) is 9.01. The molecule has 0 spiro atoms. The monoisotopic (exact) mass is 417 g/mol. The van der Waals surface area contributed by atoms with Gasteiger partial charge in [-0.05, 0) is 55.0 Å². The van der Waals surface area contributed by atoms with Crippen LogP contribution in [-0.2, 0) is 11.4 Å². The molecule has 0 saturated heterocycles. The Labute approximate surface area is 187 Å². The second kappa shape index (κ2) is 11.2. The molecule has 0 aromatic heterocycles. The van der Waals surface area contributed by atoms with E-state index in [9.17, 15) is 4.79 Å². The van der Waals surface area contributed by atoms with Crippen molar-refractivity contribution in [1.82, 2.24) is 4.90 Å². The van der Waals surface area contributed by atoms with Crippen LogP contribution in [0.15, 0.2) is 60.7 Å². The molecule has 0 heterocycles. The molecule has 1 amide bonds. The lowest BCUT2D eigenvalue weighted by molar-refractivity contribution is -0.132. The van der Waals surface area contributed by atoms with Crippen molar-refractivity contribution in [1.29, 1.82) is 0 Å². The number of nitrogens with zero attached hydrogens (tertiary/aromatic N) is 1. The third kappa shape index (κ3) is 6.22. The molecule has 0 unspecified atom stereocenters. The Hall–Kier alpha value is -2.55. The van der Waals surface area contributed by atoms with Gasteiger partial charge in [-0.1, -0.05) is 81.0 Å². The summed E-state index contributed by atoms with van der Waals surface area (Å²) in [4.78, 5) is 15.5. The van der Waals surface area contributed by atoms with Crippen molar-refractivity contribution in [2.75, 3.05) is 0 Å². The van der Waals surface area contributed by atoms with Gasteiger partial charge >= 0.3 is 0 Å². The number of carbonyl (C=O) groups excluding carboxylic acids is 1. The van der Waals surface area contributed by atoms with Gasteiger partial charge in [-0.15, -0.1) is 0 Å². The molecular weight excluding hydrogens is 382 g/mol. The molecule has 31 heavy (non-hydrogen) atoms. The summed E-state index contributed by atoms with van der Waals surface area (Å²) < 4.78 is 5.87. The van der Waals surface area contributed by atoms with Crippen molar-refractivity contribution in [2.45, 2.75) is 82.9 Å². The van der Waals surface area contributed by atoms with Gasteiger partial charge in [0.15, 0.2) is 0 Å². The number of hydrogen-bond acceptors (Lipinski definition) is 2. The Kier molecular flexibility index (Phi) is 7.81. The van der Waals surface area contributed by atoms with E-state index in [4.69, 9.17) is 4.74 Å². The van der Waals surface area contributed by atoms with E-state index in [0.717, 1.165) is 16.9 Å². The molecule has 0 radical (unpaired) electrons. The second-order valence-corrected chi connectivity index (χ2v) is 9.01. The first-order valence-electron chi connectivity index (χ1n) is 12.1. The first-order valence-corrected chi connectivity index (χ1v) is 12.1. The number of rotatable bonds is 7. The molecule has 0 N–H and O–H groups in total. The lowest BCUT2D eigenvalue weighted by atomic mass is 9.88. The fourth-order valence-electron chi connectivity index (χ4n) is 5.05. The van der Waals surface area contributed by atoms with E-state index in [1.807, 2.05) is 48.5 Å². The van der Waals surface area contributed by atoms with Crippen molar-refractivity contribution in [3.8, 4) is 5.75 Å². The molecule has 2 fully saturated rings. The lowest BCUT2D eigenvalue weighted by Crippen LogP contribution is -2.48. The van der Waals surface area contributed by atoms with Gasteiger partial charge in [-0.3, -0.25) is 4.79 Å². The molecule has 2 aliphatic carbocycles. The highest BCUT2D eigenvalue weighted by molar-refractivity contribution is 5.92. The smallest absolute Gasteiger partial charge is 0.247 e. The van der Waals surface area contributed by atoms with Crippen LogP contribution < -0.4 is 4.74 Å². The maximum Gasteiger partial charge on any atom is 0.247 e. The summed E-state index contributed by atoms with van der Waals surface area (Å²) in [5, 5.41) is 0. The van der Waals surface area contributed by atoms with Crippen LogP contribution in [0.3, 0.4) is 0 Å². The van der Waals surface area contributed by atoms with Crippen LogP contribution in [0.25, 0.3) is 6.08 Å². The summed E-state index contributed by atoms with van der Waals surface area (Å²) in [6.07, 6.45) is 16.1. The van der Waals surface area contributed by atoms with Crippen molar-refractivity contribution in [3.63, 3.8) is 0 Å². The standard InChI is InChI=1S/C28H35NO2/c30-28(29(25-12-6-2-7-13-25)26-14-8-3-9-15-26)21-18-23-16-19-27(20-17-23)31-22-24-10-4-1-5-11-24/h1,4-5,10-11,16-21,25-26H,2-3,6-9,12-15,22H2/b21-18+. The van der Waals surface area contributed by atoms with Gasteiger partial charge < -0.3 is 9.64 Å². The molecule has 0 bridgehead atoms. The molecule has 2 saturated carbocycles. The molecule has 2 aliphatic rings. The van der Waals surface area contributed by atoms with Gasteiger partial charge in [0.1, 0.15) is 12.4 Å². The molecule has 164 valence electrons. The van der Waals surface area contributed by atoms with Gasteiger partial charge in [0.2, 0.25) is 5.91 Å². The zero-order valence-electron chi connectivity index (χ0n) is 18.5. The van der Waals surface area contributed by atoms with Gasteiger partial charge in [0.25, 0.3) is 0 Å². The van der Waals surface area contributed by atoms with Crippen molar-refractivity contribution in [3.05, 3.63) is 71.8 Å². The van der Waals surface area contributed by atoms with Gasteiger partial charge in [0.05, 0.1) is 0 Å². The number of hydrogen-bond donors (Lipinski definition) is 0. The Morgan fingerprint density at radius 3 is 1.97 bits per heavy atom. The van der Waals surface area contributed by atoms with Crippen LogP contribution in [0.4, 0.5) is 0 Å². The Balaban J connectivity index is 1.37. The zero-order chi connectivity index (χ0) is 21.3. The predicted molar refractivity (Wildman–Crippen MR) is 127 cm³/mol. The fourth-order valence-corrected chi connectivity index (χ4v) is 5.05. The molecule has 4 rings (SSSR count). The molecule has 2 aromatic rings. The minimum atomic E-state index is 0.197. The Morgan fingerprint density at radius 2 is 1.39 bits per heavy atom. The average molecular weight is 418 g/mol. The molecular formula is C28H35NO2. The molecule has 2 aromatic carbocycles. The average Bonchev–Trinajstić information content (AvgIpc) is 2.84. The molecule has 3 nitrogen and oxygen atoms in total. The van der Waals surface area contributed by atoms with Crippen LogP contribution in [0.5, 0.6) is 5.75 Å². The quantitative estimate of drug-likeness (QED) is 0.465. The maximum atomic E-state index is 13.3.